The van der Waals surface area contributed by atoms with Gasteiger partial charge in [-0.1, -0.05) is 29.8 Å². The summed E-state index contributed by atoms with van der Waals surface area (Å²) in [5, 5.41) is 5.94. The lowest BCUT2D eigenvalue weighted by Crippen LogP contribution is -2.01. The molecule has 11 heteroatoms. The van der Waals surface area contributed by atoms with E-state index < -0.39 is 5.82 Å². The number of nitrogens with zero attached hydrogens (tertiary/aromatic N) is 3. The number of imidazole rings is 1. The Morgan fingerprint density at radius 1 is 0.974 bits per heavy atom. The number of halogens is 2. The average Bonchev–Trinajstić information content (AvgIpc) is 3.64. The Hall–Kier alpha value is -4.28. The minimum atomic E-state index is -0.408. The Morgan fingerprint density at radius 3 is 2.64 bits per heavy atom. The van der Waals surface area contributed by atoms with Gasteiger partial charge in [0.2, 0.25) is 4.96 Å². The molecule has 3 aromatic heterocycles. The highest BCUT2D eigenvalue weighted by Crippen LogP contribution is 2.37. The van der Waals surface area contributed by atoms with Crippen molar-refractivity contribution in [2.75, 3.05) is 14.2 Å². The van der Waals surface area contributed by atoms with Gasteiger partial charge >= 0.3 is 0 Å². The van der Waals surface area contributed by atoms with Gasteiger partial charge in [0.05, 0.1) is 30.8 Å². The maximum Gasteiger partial charge on any atom is 0.294 e. The van der Waals surface area contributed by atoms with E-state index >= 15 is 0 Å². The van der Waals surface area contributed by atoms with Crippen molar-refractivity contribution in [3.8, 4) is 33.9 Å². The first kappa shape index (κ1) is 25.0. The van der Waals surface area contributed by atoms with Gasteiger partial charge in [0.1, 0.15) is 47.6 Å². The minimum Gasteiger partial charge on any atom is -0.496 e. The van der Waals surface area contributed by atoms with Crippen molar-refractivity contribution < 1.29 is 27.8 Å². The molecule has 6 rings (SSSR count). The van der Waals surface area contributed by atoms with Crippen LogP contribution in [0.4, 0.5) is 4.39 Å². The Labute approximate surface area is 231 Å². The highest BCUT2D eigenvalue weighted by molar-refractivity contribution is 7.18. The lowest BCUT2D eigenvalue weighted by Gasteiger charge is -2.12. The third kappa shape index (κ3) is 5.08. The summed E-state index contributed by atoms with van der Waals surface area (Å²) < 4.78 is 44.5. The van der Waals surface area contributed by atoms with Crippen molar-refractivity contribution in [2.24, 2.45) is 0 Å². The van der Waals surface area contributed by atoms with Gasteiger partial charge in [-0.05, 0) is 47.2 Å². The summed E-state index contributed by atoms with van der Waals surface area (Å²) in [7, 11) is 3.15. The summed E-state index contributed by atoms with van der Waals surface area (Å²) in [6.45, 7) is 0.266. The van der Waals surface area contributed by atoms with Crippen LogP contribution in [0.2, 0.25) is 5.02 Å². The Balaban J connectivity index is 1.22. The fraction of sp³-hybridized carbons (Fsp3) is 0.143. The van der Waals surface area contributed by atoms with E-state index in [2.05, 4.69) is 10.1 Å². The summed E-state index contributed by atoms with van der Waals surface area (Å²) in [5.74, 6) is 1.91. The fourth-order valence-electron chi connectivity index (χ4n) is 4.04. The van der Waals surface area contributed by atoms with E-state index in [1.807, 2.05) is 24.3 Å². The molecule has 0 radical (unpaired) electrons. The third-order valence-electron chi connectivity index (χ3n) is 6.00. The molecule has 0 bridgehead atoms. The number of aromatic nitrogens is 3. The van der Waals surface area contributed by atoms with Gasteiger partial charge < -0.3 is 23.4 Å². The van der Waals surface area contributed by atoms with Crippen molar-refractivity contribution in [3.63, 3.8) is 0 Å². The molecule has 0 amide bonds. The molecular weight excluding hydrogens is 545 g/mol. The number of rotatable bonds is 9. The van der Waals surface area contributed by atoms with Gasteiger partial charge in [-0.3, -0.25) is 0 Å². The van der Waals surface area contributed by atoms with E-state index in [1.54, 1.807) is 55.3 Å². The van der Waals surface area contributed by atoms with Crippen LogP contribution in [0.1, 0.15) is 11.1 Å². The quantitative estimate of drug-likeness (QED) is 0.184. The minimum absolute atomic E-state index is 0.0121. The molecule has 8 nitrogen and oxygen atoms in total. The largest absolute Gasteiger partial charge is 0.496 e. The van der Waals surface area contributed by atoms with Crippen molar-refractivity contribution in [1.82, 2.24) is 14.6 Å². The van der Waals surface area contributed by atoms with E-state index in [-0.39, 0.29) is 13.2 Å². The standard InChI is InChI=1S/C28H21ClFN3O5S/c1-34-18-10-24(19-12-26(38-25(19)11-18)23-13-33-27(31-23)39-28(32-33)35-2)37-14-16-5-3-6-17(9-16)36-15-20-21(29)7-4-8-22(20)30/h3-13H,14-15H2,1-2H3. The average molecular weight is 566 g/mol. The summed E-state index contributed by atoms with van der Waals surface area (Å²) in [6.07, 6.45) is 1.78. The van der Waals surface area contributed by atoms with Gasteiger partial charge in [0.25, 0.3) is 5.19 Å². The van der Waals surface area contributed by atoms with Crippen molar-refractivity contribution in [1.29, 1.82) is 0 Å². The number of hydrogen-bond donors (Lipinski definition) is 0. The molecule has 3 heterocycles. The smallest absolute Gasteiger partial charge is 0.294 e. The molecule has 0 saturated carbocycles. The lowest BCUT2D eigenvalue weighted by atomic mass is 10.2. The van der Waals surface area contributed by atoms with Crippen LogP contribution in [0, 0.1) is 5.82 Å². The molecular formula is C28H21ClFN3O5S. The predicted molar refractivity (Wildman–Crippen MR) is 146 cm³/mol. The van der Waals surface area contributed by atoms with E-state index in [4.69, 9.17) is 35.0 Å². The first-order chi connectivity index (χ1) is 19.0. The highest BCUT2D eigenvalue weighted by Gasteiger charge is 2.17. The van der Waals surface area contributed by atoms with E-state index in [0.29, 0.717) is 55.0 Å². The van der Waals surface area contributed by atoms with Gasteiger partial charge in [-0.15, -0.1) is 5.10 Å². The second-order valence-corrected chi connectivity index (χ2v) is 9.82. The maximum absolute atomic E-state index is 14.1. The number of furan rings is 1. The molecule has 0 spiro atoms. The number of benzene rings is 3. The van der Waals surface area contributed by atoms with Gasteiger partial charge in [0, 0.05) is 17.7 Å². The van der Waals surface area contributed by atoms with Crippen LogP contribution in [0.25, 0.3) is 27.4 Å². The molecule has 198 valence electrons. The van der Waals surface area contributed by atoms with Gasteiger partial charge in [-0.25, -0.2) is 13.9 Å². The Morgan fingerprint density at radius 2 is 1.85 bits per heavy atom. The molecule has 0 N–H and O–H groups in total. The molecule has 6 aromatic rings. The SMILES string of the molecule is COc1cc(OCc2cccc(OCc3c(F)cccc3Cl)c2)c2cc(-c3cn4nc(OC)sc4n3)oc2c1. The second-order valence-electron chi connectivity index (χ2n) is 8.50. The molecule has 0 saturated heterocycles. The lowest BCUT2D eigenvalue weighted by molar-refractivity contribution is 0.293. The van der Waals surface area contributed by atoms with Crippen LogP contribution >= 0.6 is 22.9 Å². The molecule has 0 atom stereocenters. The van der Waals surface area contributed by atoms with Crippen LogP contribution < -0.4 is 18.9 Å². The van der Waals surface area contributed by atoms with E-state index in [0.717, 1.165) is 10.9 Å². The van der Waals surface area contributed by atoms with E-state index in [1.165, 1.54) is 17.4 Å². The number of ether oxygens (including phenoxy) is 4. The Bertz CT molecular complexity index is 1750. The molecule has 3 aromatic carbocycles. The van der Waals surface area contributed by atoms with Crippen LogP contribution in [0.5, 0.6) is 22.4 Å². The van der Waals surface area contributed by atoms with Crippen molar-refractivity contribution in [3.05, 3.63) is 88.8 Å². The monoisotopic (exact) mass is 565 g/mol. The van der Waals surface area contributed by atoms with Crippen molar-refractivity contribution >= 4 is 38.9 Å². The van der Waals surface area contributed by atoms with Crippen LogP contribution in [0.3, 0.4) is 0 Å². The maximum atomic E-state index is 14.1. The summed E-state index contributed by atoms with van der Waals surface area (Å²) in [4.78, 5) is 5.29. The summed E-state index contributed by atoms with van der Waals surface area (Å²) in [5.41, 5.74) is 2.40. The second kappa shape index (κ2) is 10.5. The summed E-state index contributed by atoms with van der Waals surface area (Å²) >= 11 is 7.45. The van der Waals surface area contributed by atoms with Crippen LogP contribution in [-0.4, -0.2) is 28.8 Å². The molecule has 39 heavy (non-hydrogen) atoms. The molecule has 0 aliphatic carbocycles. The molecule has 0 aliphatic heterocycles. The number of methoxy groups -OCH3 is 2. The topological polar surface area (TPSA) is 80.2 Å². The highest BCUT2D eigenvalue weighted by atomic mass is 35.5. The van der Waals surface area contributed by atoms with Crippen molar-refractivity contribution in [2.45, 2.75) is 13.2 Å². The zero-order valence-electron chi connectivity index (χ0n) is 20.8. The summed E-state index contributed by atoms with van der Waals surface area (Å²) in [6, 6.07) is 17.4. The van der Waals surface area contributed by atoms with Crippen LogP contribution in [0.15, 0.2) is 71.3 Å². The molecule has 0 fully saturated rings. The third-order valence-corrected chi connectivity index (χ3v) is 7.24. The molecule has 0 aliphatic rings. The van der Waals surface area contributed by atoms with Gasteiger partial charge in [-0.2, -0.15) is 0 Å². The Kier molecular flexibility index (Phi) is 6.72. The fourth-order valence-corrected chi connectivity index (χ4v) is 4.96. The first-order valence-electron chi connectivity index (χ1n) is 11.8. The number of hydrogen-bond acceptors (Lipinski definition) is 8. The molecule has 0 unspecified atom stereocenters. The first-order valence-corrected chi connectivity index (χ1v) is 13.0. The van der Waals surface area contributed by atoms with Gasteiger partial charge in [0.15, 0.2) is 5.76 Å². The number of fused-ring (bicyclic) bond motifs is 2. The zero-order valence-corrected chi connectivity index (χ0v) is 22.4. The van der Waals surface area contributed by atoms with E-state index in [9.17, 15) is 4.39 Å². The predicted octanol–water partition coefficient (Wildman–Crippen LogP) is 7.17. The zero-order chi connectivity index (χ0) is 26.9. The normalized spacial score (nSPS) is 11.3. The van der Waals surface area contributed by atoms with Crippen LogP contribution in [-0.2, 0) is 13.2 Å².